The highest BCUT2D eigenvalue weighted by Crippen LogP contribution is 2.31. The van der Waals surface area contributed by atoms with Crippen LogP contribution in [0.5, 0.6) is 11.5 Å². The average Bonchev–Trinajstić information content (AvgIpc) is 2.54. The number of hydrogen-bond acceptors (Lipinski definition) is 5. The average molecular weight is 295 g/mol. The molecule has 1 rings (SSSR count). The summed E-state index contributed by atoms with van der Waals surface area (Å²) in [6, 6.07) is 3.31. The van der Waals surface area contributed by atoms with E-state index >= 15 is 0 Å². The summed E-state index contributed by atoms with van der Waals surface area (Å²) >= 11 is 0. The maximum atomic E-state index is 12.3. The maximum absolute atomic E-state index is 12.3. The van der Waals surface area contributed by atoms with Crippen LogP contribution in [0.3, 0.4) is 0 Å². The summed E-state index contributed by atoms with van der Waals surface area (Å²) in [4.78, 5) is 12.3. The zero-order valence-electron chi connectivity index (χ0n) is 12.8. The molecule has 0 aliphatic carbocycles. The molecule has 1 amide bonds. The predicted octanol–water partition coefficient (Wildman–Crippen LogP) is 1.70. The highest BCUT2D eigenvalue weighted by atomic mass is 16.7. The fourth-order valence-electron chi connectivity index (χ4n) is 1.79. The number of hydrogen-bond donors (Lipinski definition) is 1. The molecule has 0 heterocycles. The van der Waals surface area contributed by atoms with Gasteiger partial charge in [0.05, 0.1) is 26.3 Å². The lowest BCUT2D eigenvalue weighted by Gasteiger charge is -2.16. The molecule has 0 radical (unpaired) electrons. The van der Waals surface area contributed by atoms with E-state index in [-0.39, 0.29) is 12.5 Å². The summed E-state index contributed by atoms with van der Waals surface area (Å²) in [5.74, 6) is 0.740. The number of ether oxygens (including phenoxy) is 4. The normalized spacial score (nSPS) is 10.3. The summed E-state index contributed by atoms with van der Waals surface area (Å²) < 4.78 is 20.5. The highest BCUT2D eigenvalue weighted by Gasteiger charge is 2.16. The minimum atomic E-state index is -0.499. The Morgan fingerprint density at radius 3 is 2.24 bits per heavy atom. The molecule has 0 spiro atoms. The summed E-state index contributed by atoms with van der Waals surface area (Å²) in [5, 5.41) is 2.73. The van der Waals surface area contributed by atoms with Crippen LogP contribution in [0.4, 0.5) is 0 Å². The molecule has 0 aromatic heterocycles. The lowest BCUT2D eigenvalue weighted by atomic mass is 10.1. The third-order valence-electron chi connectivity index (χ3n) is 2.98. The van der Waals surface area contributed by atoms with E-state index in [1.54, 1.807) is 18.2 Å². The van der Waals surface area contributed by atoms with Crippen LogP contribution in [0.2, 0.25) is 0 Å². The molecule has 0 atom stereocenters. The third-order valence-corrected chi connectivity index (χ3v) is 2.98. The standard InChI is InChI=1S/C15H21NO5/c1-6-10-7-12(18-2)13(19-3)8-11(10)15(17)16-9-14(20-4)21-5/h6-8,14H,1,9H2,2-5H3,(H,16,17). The summed E-state index contributed by atoms with van der Waals surface area (Å²) in [5.41, 5.74) is 1.09. The van der Waals surface area contributed by atoms with Gasteiger partial charge in [-0.25, -0.2) is 0 Å². The van der Waals surface area contributed by atoms with Crippen LogP contribution < -0.4 is 14.8 Å². The minimum absolute atomic E-state index is 0.233. The van der Waals surface area contributed by atoms with Crippen LogP contribution in [0.25, 0.3) is 6.08 Å². The van der Waals surface area contributed by atoms with Gasteiger partial charge in [-0.2, -0.15) is 0 Å². The molecule has 0 unspecified atom stereocenters. The van der Waals surface area contributed by atoms with E-state index in [2.05, 4.69) is 11.9 Å². The molecule has 0 bridgehead atoms. The zero-order chi connectivity index (χ0) is 15.8. The molecule has 0 aliphatic heterocycles. The van der Waals surface area contributed by atoms with Crippen molar-refractivity contribution in [1.82, 2.24) is 5.32 Å². The van der Waals surface area contributed by atoms with E-state index in [0.29, 0.717) is 22.6 Å². The first-order valence-electron chi connectivity index (χ1n) is 6.33. The van der Waals surface area contributed by atoms with Gasteiger partial charge in [-0.15, -0.1) is 0 Å². The van der Waals surface area contributed by atoms with E-state index in [1.165, 1.54) is 28.4 Å². The second kappa shape index (κ2) is 8.28. The molecule has 1 aromatic carbocycles. The molecule has 21 heavy (non-hydrogen) atoms. The fraction of sp³-hybridized carbons (Fsp3) is 0.400. The van der Waals surface area contributed by atoms with E-state index in [9.17, 15) is 4.79 Å². The van der Waals surface area contributed by atoms with Crippen molar-refractivity contribution in [2.75, 3.05) is 35.0 Å². The first-order chi connectivity index (χ1) is 10.1. The number of benzene rings is 1. The molecule has 0 aliphatic rings. The second-order valence-electron chi connectivity index (χ2n) is 4.11. The lowest BCUT2D eigenvalue weighted by molar-refractivity contribution is -0.0974. The van der Waals surface area contributed by atoms with Gasteiger partial charge in [0.1, 0.15) is 0 Å². The molecule has 1 aromatic rings. The molecular formula is C15H21NO5. The smallest absolute Gasteiger partial charge is 0.252 e. The second-order valence-corrected chi connectivity index (χ2v) is 4.11. The van der Waals surface area contributed by atoms with Crippen molar-refractivity contribution in [2.24, 2.45) is 0 Å². The number of carbonyl (C=O) groups excluding carboxylic acids is 1. The van der Waals surface area contributed by atoms with Gasteiger partial charge in [-0.05, 0) is 17.7 Å². The molecule has 1 N–H and O–H groups in total. The molecule has 0 saturated carbocycles. The van der Waals surface area contributed by atoms with Gasteiger partial charge >= 0.3 is 0 Å². The van der Waals surface area contributed by atoms with Crippen molar-refractivity contribution in [3.8, 4) is 11.5 Å². The Kier molecular flexibility index (Phi) is 6.71. The van der Waals surface area contributed by atoms with E-state index in [0.717, 1.165) is 0 Å². The topological polar surface area (TPSA) is 66.0 Å². The Bertz CT molecular complexity index is 497. The van der Waals surface area contributed by atoms with Crippen LogP contribution in [-0.2, 0) is 9.47 Å². The molecule has 0 fully saturated rings. The number of amides is 1. The van der Waals surface area contributed by atoms with Crippen LogP contribution in [0.15, 0.2) is 18.7 Å². The Labute approximate surface area is 124 Å². The Morgan fingerprint density at radius 1 is 1.19 bits per heavy atom. The van der Waals surface area contributed by atoms with Gasteiger partial charge in [0.15, 0.2) is 17.8 Å². The summed E-state index contributed by atoms with van der Waals surface area (Å²) in [6.07, 6.45) is 1.09. The third kappa shape index (κ3) is 4.21. The van der Waals surface area contributed by atoms with Crippen molar-refractivity contribution in [1.29, 1.82) is 0 Å². The number of methoxy groups -OCH3 is 4. The van der Waals surface area contributed by atoms with Gasteiger partial charge in [0, 0.05) is 14.2 Å². The van der Waals surface area contributed by atoms with Gasteiger partial charge in [0.2, 0.25) is 0 Å². The predicted molar refractivity (Wildman–Crippen MR) is 79.8 cm³/mol. The van der Waals surface area contributed by atoms with Crippen molar-refractivity contribution in [3.05, 3.63) is 29.8 Å². The van der Waals surface area contributed by atoms with Gasteiger partial charge in [0.25, 0.3) is 5.91 Å². The van der Waals surface area contributed by atoms with Crippen molar-refractivity contribution >= 4 is 12.0 Å². The minimum Gasteiger partial charge on any atom is -0.493 e. The molecule has 6 nitrogen and oxygen atoms in total. The zero-order valence-corrected chi connectivity index (χ0v) is 12.8. The monoisotopic (exact) mass is 295 g/mol. The Hall–Kier alpha value is -2.05. The molecule has 116 valence electrons. The quantitative estimate of drug-likeness (QED) is 0.739. The molecule has 6 heteroatoms. The van der Waals surface area contributed by atoms with E-state index in [4.69, 9.17) is 18.9 Å². The van der Waals surface area contributed by atoms with Crippen molar-refractivity contribution in [3.63, 3.8) is 0 Å². The summed E-state index contributed by atoms with van der Waals surface area (Å²) in [6.45, 7) is 3.94. The van der Waals surface area contributed by atoms with Crippen LogP contribution in [-0.4, -0.2) is 47.2 Å². The van der Waals surface area contributed by atoms with Gasteiger partial charge < -0.3 is 24.3 Å². The van der Waals surface area contributed by atoms with E-state index in [1.807, 2.05) is 0 Å². The first-order valence-corrected chi connectivity index (χ1v) is 6.33. The van der Waals surface area contributed by atoms with Crippen LogP contribution >= 0.6 is 0 Å². The SMILES string of the molecule is C=Cc1cc(OC)c(OC)cc1C(=O)NCC(OC)OC. The summed E-state index contributed by atoms with van der Waals surface area (Å²) in [7, 11) is 6.06. The molecular weight excluding hydrogens is 274 g/mol. The van der Waals surface area contributed by atoms with Crippen molar-refractivity contribution < 1.29 is 23.7 Å². The highest BCUT2D eigenvalue weighted by molar-refractivity contribution is 5.98. The Balaban J connectivity index is 2.99. The first kappa shape index (κ1) is 17.0. The number of rotatable bonds is 8. The number of nitrogens with one attached hydrogen (secondary N) is 1. The fourth-order valence-corrected chi connectivity index (χ4v) is 1.79. The molecule has 0 saturated heterocycles. The lowest BCUT2D eigenvalue weighted by Crippen LogP contribution is -2.34. The van der Waals surface area contributed by atoms with E-state index < -0.39 is 6.29 Å². The largest absolute Gasteiger partial charge is 0.493 e. The Morgan fingerprint density at radius 2 is 1.76 bits per heavy atom. The van der Waals surface area contributed by atoms with Crippen molar-refractivity contribution in [2.45, 2.75) is 6.29 Å². The number of carbonyl (C=O) groups is 1. The maximum Gasteiger partial charge on any atom is 0.252 e. The van der Waals surface area contributed by atoms with Crippen LogP contribution in [0.1, 0.15) is 15.9 Å². The van der Waals surface area contributed by atoms with Gasteiger partial charge in [-0.3, -0.25) is 4.79 Å². The van der Waals surface area contributed by atoms with Gasteiger partial charge in [-0.1, -0.05) is 12.7 Å². The van der Waals surface area contributed by atoms with Crippen LogP contribution in [0, 0.1) is 0 Å².